The highest BCUT2D eigenvalue weighted by Crippen LogP contribution is 2.37. The predicted molar refractivity (Wildman–Crippen MR) is 139 cm³/mol. The fourth-order valence-electron chi connectivity index (χ4n) is 4.29. The average molecular weight is 571 g/mol. The monoisotopic (exact) mass is 570 g/mol. The molecule has 1 saturated heterocycles. The lowest BCUT2D eigenvalue weighted by Crippen LogP contribution is -2.39. The van der Waals surface area contributed by atoms with Crippen molar-refractivity contribution in [2.75, 3.05) is 37.7 Å². The Labute approximate surface area is 225 Å². The van der Waals surface area contributed by atoms with Crippen molar-refractivity contribution >= 4 is 52.5 Å². The van der Waals surface area contributed by atoms with Crippen molar-refractivity contribution < 1.29 is 28.2 Å². The lowest BCUT2D eigenvalue weighted by atomic mass is 9.95. The molecule has 1 aromatic carbocycles. The highest BCUT2D eigenvalue weighted by atomic mass is 35.5. The van der Waals surface area contributed by atoms with Crippen molar-refractivity contribution in [1.29, 1.82) is 0 Å². The second-order valence-electron chi connectivity index (χ2n) is 8.50. The summed E-state index contributed by atoms with van der Waals surface area (Å²) in [4.78, 5) is 34.9. The smallest absolute Gasteiger partial charge is 0.338 e. The molecule has 4 rings (SSSR count). The number of carbonyl (C=O) groups is 2. The number of thioether (sulfide) groups is 1. The second-order valence-corrected chi connectivity index (χ2v) is 10.8. The number of nitrogens with one attached hydrogen (secondary N) is 1. The molecule has 0 amide bonds. The topological polar surface area (TPSA) is 104 Å². The maximum Gasteiger partial charge on any atom is 0.338 e. The SMILES string of the molecule is CCOC(=O)C1=C(CN2CC(F)C(CSCC(=O)O)C2)NC(c2nccs2)=N[C@H]1c1ccc(F)cc1Cl. The van der Waals surface area contributed by atoms with Gasteiger partial charge >= 0.3 is 11.9 Å². The van der Waals surface area contributed by atoms with E-state index in [-0.39, 0.29) is 42.0 Å². The first-order chi connectivity index (χ1) is 17.8. The molecule has 0 aliphatic carbocycles. The van der Waals surface area contributed by atoms with Crippen LogP contribution in [0.15, 0.2) is 46.0 Å². The van der Waals surface area contributed by atoms with Gasteiger partial charge in [0.15, 0.2) is 10.8 Å². The molecule has 0 bridgehead atoms. The van der Waals surface area contributed by atoms with Gasteiger partial charge in [0.1, 0.15) is 18.0 Å². The molecular weight excluding hydrogens is 546 g/mol. The summed E-state index contributed by atoms with van der Waals surface area (Å²) in [6.45, 7) is 2.52. The third-order valence-electron chi connectivity index (χ3n) is 5.89. The Balaban J connectivity index is 1.68. The molecule has 3 heterocycles. The summed E-state index contributed by atoms with van der Waals surface area (Å²) in [6, 6.07) is 3.00. The van der Waals surface area contributed by atoms with Crippen LogP contribution in [0.5, 0.6) is 0 Å². The Morgan fingerprint density at radius 1 is 1.38 bits per heavy atom. The number of hydrogen-bond acceptors (Lipinski definition) is 9. The van der Waals surface area contributed by atoms with Crippen molar-refractivity contribution in [3.63, 3.8) is 0 Å². The number of aliphatic imine (C=N–C) groups is 1. The van der Waals surface area contributed by atoms with E-state index in [1.807, 2.05) is 4.90 Å². The average Bonchev–Trinajstić information content (AvgIpc) is 3.49. The number of carboxylic acid groups (broad SMARTS) is 1. The van der Waals surface area contributed by atoms with Crippen molar-refractivity contribution in [3.05, 3.63) is 62.5 Å². The van der Waals surface area contributed by atoms with E-state index in [4.69, 9.17) is 26.4 Å². The van der Waals surface area contributed by atoms with Crippen LogP contribution in [0, 0.1) is 11.7 Å². The summed E-state index contributed by atoms with van der Waals surface area (Å²) in [5.74, 6) is -1.71. The number of halogens is 3. The van der Waals surface area contributed by atoms with Crippen LogP contribution >= 0.6 is 34.7 Å². The second kappa shape index (κ2) is 12.3. The Bertz CT molecular complexity index is 1210. The summed E-state index contributed by atoms with van der Waals surface area (Å²) in [5.41, 5.74) is 1.09. The largest absolute Gasteiger partial charge is 0.481 e. The molecule has 3 atom stereocenters. The van der Waals surface area contributed by atoms with Crippen LogP contribution in [0.1, 0.15) is 23.5 Å². The summed E-state index contributed by atoms with van der Waals surface area (Å²) >= 11 is 8.92. The van der Waals surface area contributed by atoms with Crippen LogP contribution in [0.25, 0.3) is 0 Å². The van der Waals surface area contributed by atoms with Crippen LogP contribution in [-0.4, -0.2) is 76.7 Å². The molecule has 2 N–H and O–H groups in total. The minimum Gasteiger partial charge on any atom is -0.481 e. The number of alkyl halides is 1. The van der Waals surface area contributed by atoms with E-state index in [0.717, 1.165) is 6.07 Å². The third-order valence-corrected chi connectivity index (χ3v) is 8.11. The number of esters is 1. The van der Waals surface area contributed by atoms with Crippen LogP contribution in [0.4, 0.5) is 8.78 Å². The Morgan fingerprint density at radius 3 is 2.86 bits per heavy atom. The quantitative estimate of drug-likeness (QED) is 0.414. The van der Waals surface area contributed by atoms with Crippen LogP contribution in [0.3, 0.4) is 0 Å². The normalized spacial score (nSPS) is 22.1. The van der Waals surface area contributed by atoms with Gasteiger partial charge in [0, 0.05) is 59.2 Å². The summed E-state index contributed by atoms with van der Waals surface area (Å²) in [7, 11) is 0. The molecule has 8 nitrogen and oxygen atoms in total. The Kier molecular flexibility index (Phi) is 9.17. The number of ether oxygens (including phenoxy) is 1. The lowest BCUT2D eigenvalue weighted by molar-refractivity contribution is -0.139. The van der Waals surface area contributed by atoms with Gasteiger partial charge in [-0.25, -0.2) is 18.6 Å². The van der Waals surface area contributed by atoms with Crippen LogP contribution in [-0.2, 0) is 14.3 Å². The van der Waals surface area contributed by atoms with E-state index in [9.17, 15) is 18.4 Å². The molecule has 0 radical (unpaired) electrons. The Morgan fingerprint density at radius 2 is 2.19 bits per heavy atom. The third kappa shape index (κ3) is 6.67. The standard InChI is InChI=1S/C24H25ClF2N4O4S2/c1-2-35-24(34)20-18(10-31-8-13(17(27)9-31)11-36-12-19(32)33)29-22(23-28-5-6-37-23)30-21(20)15-4-3-14(26)7-16(15)25/h3-7,13,17,21H,2,8-12H2,1H3,(H,29,30)(H,32,33)/t13?,17?,21-/m0/s1. The molecule has 2 aromatic rings. The number of nitrogens with zero attached hydrogens (tertiary/aromatic N) is 3. The lowest BCUT2D eigenvalue weighted by Gasteiger charge is -2.29. The molecule has 1 aromatic heterocycles. The molecule has 2 unspecified atom stereocenters. The first-order valence-corrected chi connectivity index (χ1v) is 13.9. The van der Waals surface area contributed by atoms with Gasteiger partial charge in [-0.1, -0.05) is 17.7 Å². The van der Waals surface area contributed by atoms with Gasteiger partial charge in [-0.05, 0) is 19.1 Å². The zero-order valence-corrected chi connectivity index (χ0v) is 22.2. The van der Waals surface area contributed by atoms with Gasteiger partial charge in [-0.2, -0.15) is 0 Å². The van der Waals surface area contributed by atoms with Gasteiger partial charge in [0.25, 0.3) is 0 Å². The molecule has 13 heteroatoms. The van der Waals surface area contributed by atoms with Gasteiger partial charge in [-0.15, -0.1) is 23.1 Å². The molecular formula is C24H25ClF2N4O4S2. The van der Waals surface area contributed by atoms with Gasteiger partial charge in [0.2, 0.25) is 0 Å². The molecule has 2 aliphatic rings. The number of hydrogen-bond donors (Lipinski definition) is 2. The van der Waals surface area contributed by atoms with E-state index < -0.39 is 30.0 Å². The number of thiazole rings is 1. The zero-order valence-electron chi connectivity index (χ0n) is 19.8. The van der Waals surface area contributed by atoms with Crippen LogP contribution < -0.4 is 5.32 Å². The first kappa shape index (κ1) is 27.5. The summed E-state index contributed by atoms with van der Waals surface area (Å²) in [6.07, 6.45) is 0.494. The van der Waals surface area contributed by atoms with Crippen molar-refractivity contribution in [2.45, 2.75) is 19.1 Å². The fraction of sp³-hybridized carbons (Fsp3) is 0.417. The Hall–Kier alpha value is -2.54. The minimum atomic E-state index is -1.13. The number of benzene rings is 1. The molecule has 0 saturated carbocycles. The summed E-state index contributed by atoms with van der Waals surface area (Å²) < 4.78 is 34.0. The van der Waals surface area contributed by atoms with E-state index in [0.29, 0.717) is 34.4 Å². The van der Waals surface area contributed by atoms with Crippen molar-refractivity contribution in [1.82, 2.24) is 15.2 Å². The van der Waals surface area contributed by atoms with Gasteiger partial charge < -0.3 is 15.2 Å². The number of aliphatic carboxylic acids is 1. The van der Waals surface area contributed by atoms with Crippen molar-refractivity contribution in [2.24, 2.45) is 10.9 Å². The summed E-state index contributed by atoms with van der Waals surface area (Å²) in [5, 5.41) is 14.6. The fourth-order valence-corrected chi connectivity index (χ4v) is 6.06. The van der Waals surface area contributed by atoms with Gasteiger partial charge in [0.05, 0.1) is 17.9 Å². The number of amidine groups is 1. The van der Waals surface area contributed by atoms with E-state index >= 15 is 0 Å². The maximum atomic E-state index is 14.8. The van der Waals surface area contributed by atoms with E-state index in [1.165, 1.54) is 35.2 Å². The molecule has 198 valence electrons. The first-order valence-electron chi connectivity index (χ1n) is 11.5. The zero-order chi connectivity index (χ0) is 26.5. The molecule has 2 aliphatic heterocycles. The number of likely N-dealkylation sites (tertiary alicyclic amines) is 1. The number of rotatable bonds is 10. The number of aromatic nitrogens is 1. The van der Waals surface area contributed by atoms with Gasteiger partial charge in [-0.3, -0.25) is 14.7 Å². The molecule has 37 heavy (non-hydrogen) atoms. The molecule has 1 fully saturated rings. The minimum absolute atomic E-state index is 0.0866. The number of carboxylic acids is 1. The van der Waals surface area contributed by atoms with E-state index in [1.54, 1.807) is 18.5 Å². The maximum absolute atomic E-state index is 14.8. The number of carbonyl (C=O) groups excluding carboxylic acids is 1. The molecule has 0 spiro atoms. The van der Waals surface area contributed by atoms with Crippen LogP contribution in [0.2, 0.25) is 5.02 Å². The predicted octanol–water partition coefficient (Wildman–Crippen LogP) is 3.93. The highest BCUT2D eigenvalue weighted by molar-refractivity contribution is 7.99. The highest BCUT2D eigenvalue weighted by Gasteiger charge is 2.38. The van der Waals surface area contributed by atoms with E-state index in [2.05, 4.69) is 10.3 Å². The van der Waals surface area contributed by atoms with Crippen molar-refractivity contribution in [3.8, 4) is 0 Å².